The molecule has 0 aliphatic carbocycles. The first-order valence-corrected chi connectivity index (χ1v) is 10.4. The van der Waals surface area contributed by atoms with E-state index in [1.165, 1.54) is 5.56 Å². The summed E-state index contributed by atoms with van der Waals surface area (Å²) in [6.45, 7) is 8.30. The minimum absolute atomic E-state index is 0.417. The molecule has 0 amide bonds. The lowest BCUT2D eigenvalue weighted by Crippen LogP contribution is -2.41. The lowest BCUT2D eigenvalue weighted by Gasteiger charge is -2.32. The molecule has 0 atom stereocenters. The van der Waals surface area contributed by atoms with Crippen LogP contribution in [-0.2, 0) is 9.31 Å². The Balaban J connectivity index is 1.67. The van der Waals surface area contributed by atoms with Crippen molar-refractivity contribution in [3.05, 3.63) is 78.9 Å². The lowest BCUT2D eigenvalue weighted by molar-refractivity contribution is 0.00578. The fraction of sp³-hybridized carbons (Fsp3) is 0.231. The molecule has 0 unspecified atom stereocenters. The van der Waals surface area contributed by atoms with E-state index in [0.717, 1.165) is 33.3 Å². The number of para-hydroxylation sites is 1. The molecule has 150 valence electrons. The molecule has 0 spiro atoms. The molecule has 5 rings (SSSR count). The summed E-state index contributed by atoms with van der Waals surface area (Å²) in [5.74, 6) is 0.799. The van der Waals surface area contributed by atoms with Crippen LogP contribution in [0, 0.1) is 0 Å². The molecule has 1 saturated heterocycles. The van der Waals surface area contributed by atoms with E-state index in [0.29, 0.717) is 0 Å². The lowest BCUT2D eigenvalue weighted by atomic mass is 9.75. The van der Waals surface area contributed by atoms with Gasteiger partial charge in [0.05, 0.1) is 11.2 Å². The number of benzene rings is 3. The smallest absolute Gasteiger partial charge is 0.456 e. The molecule has 1 aliphatic heterocycles. The molecule has 0 bridgehead atoms. The second-order valence-electron chi connectivity index (χ2n) is 8.88. The van der Waals surface area contributed by atoms with Crippen LogP contribution in [0.1, 0.15) is 27.7 Å². The van der Waals surface area contributed by atoms with E-state index >= 15 is 0 Å². The minimum Gasteiger partial charge on any atom is -0.456 e. The fourth-order valence-electron chi connectivity index (χ4n) is 3.95. The maximum Gasteiger partial charge on any atom is 0.499 e. The van der Waals surface area contributed by atoms with Crippen LogP contribution in [0.4, 0.5) is 0 Å². The zero-order chi connectivity index (χ0) is 20.9. The van der Waals surface area contributed by atoms with Gasteiger partial charge in [0.2, 0.25) is 0 Å². The number of hydrogen-bond donors (Lipinski definition) is 0. The normalized spacial score (nSPS) is 17.5. The number of fused-ring (bicyclic) bond motifs is 1. The van der Waals surface area contributed by atoms with Gasteiger partial charge < -0.3 is 13.7 Å². The first-order valence-electron chi connectivity index (χ1n) is 10.4. The molecule has 3 nitrogen and oxygen atoms in total. The van der Waals surface area contributed by atoms with Crippen molar-refractivity contribution >= 4 is 23.6 Å². The topological polar surface area (TPSA) is 31.6 Å². The zero-order valence-corrected chi connectivity index (χ0v) is 17.8. The molecule has 1 aliphatic rings. The summed E-state index contributed by atoms with van der Waals surface area (Å²) < 4.78 is 19.2. The quantitative estimate of drug-likeness (QED) is 0.394. The Morgan fingerprint density at radius 2 is 1.23 bits per heavy atom. The Morgan fingerprint density at radius 1 is 0.633 bits per heavy atom. The highest BCUT2D eigenvalue weighted by atomic mass is 16.7. The third-order valence-electron chi connectivity index (χ3n) is 6.35. The molecule has 2 heterocycles. The van der Waals surface area contributed by atoms with Gasteiger partial charge in [-0.3, -0.25) is 0 Å². The summed E-state index contributed by atoms with van der Waals surface area (Å²) in [5.41, 5.74) is 4.29. The highest BCUT2D eigenvalue weighted by molar-refractivity contribution is 6.67. The largest absolute Gasteiger partial charge is 0.499 e. The van der Waals surface area contributed by atoms with Gasteiger partial charge in [-0.25, -0.2) is 0 Å². The average molecular weight is 396 g/mol. The molecular formula is C26H25BO3. The third kappa shape index (κ3) is 3.08. The van der Waals surface area contributed by atoms with Gasteiger partial charge in [-0.2, -0.15) is 0 Å². The monoisotopic (exact) mass is 396 g/mol. The predicted molar refractivity (Wildman–Crippen MR) is 123 cm³/mol. The molecule has 1 fully saturated rings. The van der Waals surface area contributed by atoms with Gasteiger partial charge >= 0.3 is 7.12 Å². The predicted octanol–water partition coefficient (Wildman–Crippen LogP) is 6.07. The molecule has 4 heteroatoms. The van der Waals surface area contributed by atoms with Crippen LogP contribution in [0.2, 0.25) is 0 Å². The molecule has 4 aromatic rings. The molecule has 1 aromatic heterocycles. The van der Waals surface area contributed by atoms with Crippen LogP contribution in [0.3, 0.4) is 0 Å². The Kier molecular flexibility index (Phi) is 4.39. The minimum atomic E-state index is -0.492. The number of rotatable bonds is 3. The summed E-state index contributed by atoms with van der Waals surface area (Å²) in [6.07, 6.45) is 0. The maximum atomic E-state index is 6.41. The molecular weight excluding hydrogens is 371 g/mol. The van der Waals surface area contributed by atoms with Crippen molar-refractivity contribution in [2.45, 2.75) is 38.9 Å². The van der Waals surface area contributed by atoms with Crippen LogP contribution in [0.15, 0.2) is 83.3 Å². The summed E-state index contributed by atoms with van der Waals surface area (Å²) in [7, 11) is -0.492. The number of hydrogen-bond acceptors (Lipinski definition) is 3. The first kappa shape index (κ1) is 19.2. The van der Waals surface area contributed by atoms with E-state index in [4.69, 9.17) is 13.7 Å². The van der Waals surface area contributed by atoms with Crippen LogP contribution < -0.4 is 5.46 Å². The van der Waals surface area contributed by atoms with Crippen molar-refractivity contribution in [1.29, 1.82) is 0 Å². The van der Waals surface area contributed by atoms with E-state index in [9.17, 15) is 0 Å². The van der Waals surface area contributed by atoms with Crippen molar-refractivity contribution in [3.8, 4) is 22.5 Å². The first-order chi connectivity index (χ1) is 14.4. The third-order valence-corrected chi connectivity index (χ3v) is 6.35. The van der Waals surface area contributed by atoms with Crippen LogP contribution in [0.5, 0.6) is 0 Å². The summed E-state index contributed by atoms with van der Waals surface area (Å²) in [5, 5.41) is 1.02. The van der Waals surface area contributed by atoms with E-state index in [1.807, 2.05) is 24.3 Å². The van der Waals surface area contributed by atoms with Crippen molar-refractivity contribution in [1.82, 2.24) is 0 Å². The van der Waals surface area contributed by atoms with Crippen LogP contribution in [0.25, 0.3) is 33.4 Å². The highest BCUT2D eigenvalue weighted by Gasteiger charge is 2.53. The van der Waals surface area contributed by atoms with Crippen molar-refractivity contribution in [2.75, 3.05) is 0 Å². The Bertz CT molecular complexity index is 1190. The molecule has 0 radical (unpaired) electrons. The van der Waals surface area contributed by atoms with Gasteiger partial charge in [0.15, 0.2) is 0 Å². The van der Waals surface area contributed by atoms with Gasteiger partial charge in [-0.05, 0) is 51.0 Å². The van der Waals surface area contributed by atoms with E-state index in [2.05, 4.69) is 82.3 Å². The Morgan fingerprint density at radius 3 is 1.97 bits per heavy atom. The fourth-order valence-corrected chi connectivity index (χ4v) is 3.95. The van der Waals surface area contributed by atoms with E-state index in [1.54, 1.807) is 0 Å². The maximum absolute atomic E-state index is 6.41. The SMILES string of the molecule is CC1(C)OB(c2c(-c3cccc(-c4ccccc4)c3)oc3ccccc23)OC1(C)C. The standard InChI is InChI=1S/C26H25BO3/c1-25(2)26(3,4)30-27(29-25)23-21-15-8-9-16-22(21)28-24(23)20-14-10-13-19(17-20)18-11-6-5-7-12-18/h5-17H,1-4H3. The van der Waals surface area contributed by atoms with Gasteiger partial charge in [-0.15, -0.1) is 0 Å². The van der Waals surface area contributed by atoms with Gasteiger partial charge in [0, 0.05) is 16.4 Å². The van der Waals surface area contributed by atoms with Gasteiger partial charge in [0.25, 0.3) is 0 Å². The van der Waals surface area contributed by atoms with Gasteiger partial charge in [-0.1, -0.05) is 66.7 Å². The summed E-state index contributed by atoms with van der Waals surface area (Å²) in [6, 6.07) is 26.9. The van der Waals surface area contributed by atoms with E-state index in [-0.39, 0.29) is 0 Å². The second-order valence-corrected chi connectivity index (χ2v) is 8.88. The van der Waals surface area contributed by atoms with Crippen molar-refractivity contribution in [2.24, 2.45) is 0 Å². The second kappa shape index (κ2) is 6.87. The molecule has 30 heavy (non-hydrogen) atoms. The summed E-state index contributed by atoms with van der Waals surface area (Å²) in [4.78, 5) is 0. The molecule has 3 aromatic carbocycles. The highest BCUT2D eigenvalue weighted by Crippen LogP contribution is 2.39. The van der Waals surface area contributed by atoms with Crippen LogP contribution >= 0.6 is 0 Å². The zero-order valence-electron chi connectivity index (χ0n) is 17.8. The summed E-state index contributed by atoms with van der Waals surface area (Å²) >= 11 is 0. The Labute approximate surface area is 177 Å². The molecule has 0 saturated carbocycles. The Hall–Kier alpha value is -2.82. The van der Waals surface area contributed by atoms with Gasteiger partial charge in [0.1, 0.15) is 11.3 Å². The van der Waals surface area contributed by atoms with E-state index < -0.39 is 18.3 Å². The van der Waals surface area contributed by atoms with Crippen molar-refractivity contribution < 1.29 is 13.7 Å². The number of furan rings is 1. The van der Waals surface area contributed by atoms with Crippen LogP contribution in [-0.4, -0.2) is 18.3 Å². The molecule has 0 N–H and O–H groups in total. The van der Waals surface area contributed by atoms with Crippen molar-refractivity contribution in [3.63, 3.8) is 0 Å². The average Bonchev–Trinajstić information content (AvgIpc) is 3.22.